The molecule has 0 bridgehead atoms. The van der Waals surface area contributed by atoms with Crippen molar-refractivity contribution in [2.75, 3.05) is 0 Å². The van der Waals surface area contributed by atoms with Gasteiger partial charge in [0.05, 0.1) is 44.5 Å². The Morgan fingerprint density at radius 1 is 0.271 bits per heavy atom. The molecule has 0 amide bonds. The van der Waals surface area contributed by atoms with E-state index in [0.29, 0.717) is 21.5 Å². The largest absolute Gasteiger partial charge is 0.478 e. The number of rotatable bonds is 8. The lowest BCUT2D eigenvalue weighted by Crippen LogP contribution is -2.11. The van der Waals surface area contributed by atoms with E-state index in [-0.39, 0.29) is 0 Å². The third-order valence-electron chi connectivity index (χ3n) is 7.07. The molecule has 5 rings (SSSR count). The predicted octanol–water partition coefficient (Wildman–Crippen LogP) is 4.42. The Kier molecular flexibility index (Phi) is 8.78. The summed E-state index contributed by atoms with van der Waals surface area (Å²) in [6.07, 6.45) is 0. The van der Waals surface area contributed by atoms with Crippen molar-refractivity contribution >= 4 is 80.1 Å². The van der Waals surface area contributed by atoms with Crippen molar-refractivity contribution in [3.05, 3.63) is 105 Å². The summed E-state index contributed by atoms with van der Waals surface area (Å²) in [6.45, 7) is 0. The maximum Gasteiger partial charge on any atom is 0.336 e. The van der Waals surface area contributed by atoms with E-state index in [2.05, 4.69) is 0 Å². The third-order valence-corrected chi connectivity index (χ3v) is 7.07. The summed E-state index contributed by atoms with van der Waals surface area (Å²) in [5, 5.41) is 74.1. The summed E-state index contributed by atoms with van der Waals surface area (Å²) >= 11 is 0. The van der Waals surface area contributed by atoms with E-state index < -0.39 is 103 Å². The Morgan fingerprint density at radius 2 is 0.438 bits per heavy atom. The number of carboxylic acid groups (broad SMARTS) is 8. The fourth-order valence-electron chi connectivity index (χ4n) is 5.02. The first-order chi connectivity index (χ1) is 22.4. The molecule has 0 fully saturated rings. The minimum atomic E-state index is -1.49. The second-order valence-corrected chi connectivity index (χ2v) is 9.85. The number of hydrogen-bond acceptors (Lipinski definition) is 8. The first-order valence-corrected chi connectivity index (χ1v) is 13.0. The lowest BCUT2D eigenvalue weighted by atomic mass is 9.91. The molecule has 5 aromatic rings. The van der Waals surface area contributed by atoms with Crippen molar-refractivity contribution in [1.29, 1.82) is 0 Å². The molecule has 16 heteroatoms. The average Bonchev–Trinajstić information content (AvgIpc) is 3.00. The second-order valence-electron chi connectivity index (χ2n) is 9.85. The van der Waals surface area contributed by atoms with E-state index in [1.54, 1.807) is 0 Å². The lowest BCUT2D eigenvalue weighted by Gasteiger charge is -2.11. The van der Waals surface area contributed by atoms with Crippen LogP contribution in [0.4, 0.5) is 0 Å². The maximum atomic E-state index is 11.3. The van der Waals surface area contributed by atoms with Gasteiger partial charge in [-0.15, -0.1) is 0 Å². The Balaban J connectivity index is 0.000000220. The second kappa shape index (κ2) is 12.6. The summed E-state index contributed by atoms with van der Waals surface area (Å²) in [4.78, 5) is 90.2. The van der Waals surface area contributed by atoms with Crippen LogP contribution in [0.3, 0.4) is 0 Å². The zero-order chi connectivity index (χ0) is 35.8. The van der Waals surface area contributed by atoms with Crippen molar-refractivity contribution in [3.63, 3.8) is 0 Å². The van der Waals surface area contributed by atoms with E-state index in [1.807, 2.05) is 0 Å². The molecular formula is C32H18O16. The molecule has 242 valence electrons. The molecule has 0 aliphatic heterocycles. The van der Waals surface area contributed by atoms with Crippen molar-refractivity contribution in [2.24, 2.45) is 0 Å². The van der Waals surface area contributed by atoms with E-state index in [1.165, 1.54) is 36.4 Å². The highest BCUT2D eigenvalue weighted by molar-refractivity contribution is 6.22. The molecule has 0 atom stereocenters. The Hall–Kier alpha value is -7.36. The van der Waals surface area contributed by atoms with Gasteiger partial charge in [-0.3, -0.25) is 0 Å². The van der Waals surface area contributed by atoms with Gasteiger partial charge in [0.1, 0.15) is 0 Å². The molecule has 0 radical (unpaired) electrons. The summed E-state index contributed by atoms with van der Waals surface area (Å²) in [5.41, 5.74) is -3.54. The Labute approximate surface area is 264 Å². The van der Waals surface area contributed by atoms with Crippen LogP contribution in [0, 0.1) is 0 Å². The monoisotopic (exact) mass is 658 g/mol. The van der Waals surface area contributed by atoms with Crippen LogP contribution in [0.15, 0.2) is 60.7 Å². The zero-order valence-corrected chi connectivity index (χ0v) is 23.6. The van der Waals surface area contributed by atoms with Crippen LogP contribution in [0.1, 0.15) is 82.9 Å². The van der Waals surface area contributed by atoms with E-state index >= 15 is 0 Å². The Bertz CT molecular complexity index is 2000. The van der Waals surface area contributed by atoms with Crippen LogP contribution in [0.2, 0.25) is 0 Å². The summed E-state index contributed by atoms with van der Waals surface area (Å²) in [5.74, 6) is -11.6. The fraction of sp³-hybridized carbons (Fsp3) is 0. The van der Waals surface area contributed by atoms with Crippen LogP contribution in [-0.2, 0) is 0 Å². The topological polar surface area (TPSA) is 298 Å². The predicted molar refractivity (Wildman–Crippen MR) is 161 cm³/mol. The number of carboxylic acids is 8. The van der Waals surface area contributed by atoms with Crippen molar-refractivity contribution in [1.82, 2.24) is 0 Å². The molecule has 0 spiro atoms. The minimum absolute atomic E-state index is 0.388. The normalized spacial score (nSPS) is 10.6. The van der Waals surface area contributed by atoms with E-state index in [0.717, 1.165) is 24.3 Å². The van der Waals surface area contributed by atoms with Crippen LogP contribution >= 0.6 is 0 Å². The van der Waals surface area contributed by atoms with Gasteiger partial charge in [-0.1, -0.05) is 0 Å². The molecule has 0 aliphatic rings. The first-order valence-electron chi connectivity index (χ1n) is 13.0. The molecule has 0 saturated heterocycles. The SMILES string of the molecule is O=C(O)c1cc2cc3cc(C(=O)O)c(C(=O)O)cc3cc2cc1C(=O)O.O=C(O)c1ccc(C(=O)O)c2c(C(=O)O)ccc(C(=O)O)c12. The van der Waals surface area contributed by atoms with E-state index in [9.17, 15) is 58.8 Å². The molecule has 0 saturated carbocycles. The lowest BCUT2D eigenvalue weighted by molar-refractivity contribution is 0.0652. The number of carbonyl (C=O) groups is 8. The summed E-state index contributed by atoms with van der Waals surface area (Å²) in [7, 11) is 0. The molecule has 0 unspecified atom stereocenters. The standard InChI is InChI=1S/C18H10O8.C14H8O8/c19-15(20)11-3-7-1-8-4-12(16(21)22)14(18(25)26)6-10(8)2-9(7)5-13(11)17(23)24;15-11(16)5-1-2-6(12(17)18)10-8(14(21)22)4-3-7(9(5)10)13(19)20/h1-6H,(H,19,20)(H,21,22)(H,23,24)(H,25,26);1-4H,(H,15,16)(H,17,18)(H,19,20)(H,21,22). The average molecular weight is 658 g/mol. The first kappa shape index (κ1) is 33.5. The molecule has 0 aliphatic carbocycles. The van der Waals surface area contributed by atoms with Gasteiger partial charge in [0, 0.05) is 10.8 Å². The molecule has 5 aromatic carbocycles. The number of fused-ring (bicyclic) bond motifs is 3. The van der Waals surface area contributed by atoms with Gasteiger partial charge >= 0.3 is 47.8 Å². The molecular weight excluding hydrogens is 640 g/mol. The van der Waals surface area contributed by atoms with Crippen LogP contribution < -0.4 is 0 Å². The van der Waals surface area contributed by atoms with E-state index in [4.69, 9.17) is 20.4 Å². The summed E-state index contributed by atoms with van der Waals surface area (Å²) < 4.78 is 0. The van der Waals surface area contributed by atoms with Gasteiger partial charge in [-0.25, -0.2) is 38.4 Å². The van der Waals surface area contributed by atoms with Gasteiger partial charge in [-0.2, -0.15) is 0 Å². The van der Waals surface area contributed by atoms with Crippen LogP contribution in [-0.4, -0.2) is 88.6 Å². The van der Waals surface area contributed by atoms with Crippen LogP contribution in [0.5, 0.6) is 0 Å². The molecule has 8 N–H and O–H groups in total. The van der Waals surface area contributed by atoms with Gasteiger partial charge < -0.3 is 40.9 Å². The molecule has 0 heterocycles. The van der Waals surface area contributed by atoms with Gasteiger partial charge in [-0.05, 0) is 82.2 Å². The molecule has 0 aromatic heterocycles. The van der Waals surface area contributed by atoms with Gasteiger partial charge in [0.15, 0.2) is 0 Å². The highest BCUT2D eigenvalue weighted by atomic mass is 16.4. The minimum Gasteiger partial charge on any atom is -0.478 e. The fourth-order valence-corrected chi connectivity index (χ4v) is 5.02. The number of benzene rings is 5. The van der Waals surface area contributed by atoms with Crippen molar-refractivity contribution < 1.29 is 79.2 Å². The highest BCUT2D eigenvalue weighted by Gasteiger charge is 2.25. The quantitative estimate of drug-likeness (QED) is 0.107. The number of hydrogen-bond donors (Lipinski definition) is 8. The van der Waals surface area contributed by atoms with Gasteiger partial charge in [0.2, 0.25) is 0 Å². The number of aromatic carboxylic acids is 8. The summed E-state index contributed by atoms with van der Waals surface area (Å²) in [6, 6.07) is 11.5. The van der Waals surface area contributed by atoms with Crippen molar-refractivity contribution in [2.45, 2.75) is 0 Å². The van der Waals surface area contributed by atoms with Crippen molar-refractivity contribution in [3.8, 4) is 0 Å². The molecule has 16 nitrogen and oxygen atoms in total. The molecule has 48 heavy (non-hydrogen) atoms. The third kappa shape index (κ3) is 6.11. The highest BCUT2D eigenvalue weighted by Crippen LogP contribution is 2.31. The van der Waals surface area contributed by atoms with Gasteiger partial charge in [0.25, 0.3) is 0 Å². The maximum absolute atomic E-state index is 11.3. The Morgan fingerprint density at radius 3 is 0.583 bits per heavy atom. The van der Waals surface area contributed by atoms with Crippen LogP contribution in [0.25, 0.3) is 32.3 Å². The zero-order valence-electron chi connectivity index (χ0n) is 23.6. The smallest absolute Gasteiger partial charge is 0.336 e.